The van der Waals surface area contributed by atoms with Gasteiger partial charge in [0.1, 0.15) is 11.6 Å². The van der Waals surface area contributed by atoms with Gasteiger partial charge in [-0.3, -0.25) is 4.79 Å². The van der Waals surface area contributed by atoms with E-state index in [4.69, 9.17) is 15.5 Å². The molecule has 1 amide bonds. The number of aromatic nitrogens is 2. The van der Waals surface area contributed by atoms with Gasteiger partial charge in [0.25, 0.3) is 5.91 Å². The minimum atomic E-state index is -0.621. The fraction of sp³-hybridized carbons (Fsp3) is 0.107. The maximum absolute atomic E-state index is 13.5. The van der Waals surface area contributed by atoms with E-state index in [9.17, 15) is 9.18 Å². The van der Waals surface area contributed by atoms with Crippen LogP contribution in [0, 0.1) is 12.7 Å². The Labute approximate surface area is 206 Å². The summed E-state index contributed by atoms with van der Waals surface area (Å²) in [5, 5.41) is 0. The first-order valence-electron chi connectivity index (χ1n) is 11.0. The molecule has 0 aliphatic carbocycles. The highest BCUT2D eigenvalue weighted by Gasteiger charge is 2.18. The number of rotatable bonds is 6. The lowest BCUT2D eigenvalue weighted by Gasteiger charge is -2.10. The number of fused-ring (bicyclic) bond motifs is 1. The van der Waals surface area contributed by atoms with Crippen molar-refractivity contribution in [1.29, 1.82) is 0 Å². The van der Waals surface area contributed by atoms with Crippen LogP contribution in [0.15, 0.2) is 72.8 Å². The van der Waals surface area contributed by atoms with Gasteiger partial charge in [-0.05, 0) is 72.1 Å². The summed E-state index contributed by atoms with van der Waals surface area (Å²) in [6, 6.07) is 21.9. The van der Waals surface area contributed by atoms with E-state index in [0.717, 1.165) is 37.8 Å². The predicted molar refractivity (Wildman–Crippen MR) is 137 cm³/mol. The van der Waals surface area contributed by atoms with E-state index in [1.165, 1.54) is 12.1 Å². The largest absolute Gasteiger partial charge is 0.496 e. The van der Waals surface area contributed by atoms with Crippen molar-refractivity contribution in [2.75, 3.05) is 7.11 Å². The molecule has 0 radical (unpaired) electrons. The molecular weight excluding hydrogens is 461 g/mol. The van der Waals surface area contributed by atoms with Crippen LogP contribution in [0.2, 0.25) is 0 Å². The molecular formula is C28H22FN3O2S. The van der Waals surface area contributed by atoms with Crippen LogP contribution in [0.4, 0.5) is 4.39 Å². The van der Waals surface area contributed by atoms with E-state index in [1.54, 1.807) is 36.6 Å². The number of hydrogen-bond acceptors (Lipinski definition) is 5. The van der Waals surface area contributed by atoms with E-state index in [2.05, 4.69) is 17.1 Å². The second-order valence-electron chi connectivity index (χ2n) is 8.19. The topological polar surface area (TPSA) is 78.1 Å². The number of halogens is 1. The molecule has 3 aromatic carbocycles. The summed E-state index contributed by atoms with van der Waals surface area (Å²) >= 11 is 1.63. The first-order chi connectivity index (χ1) is 16.9. The van der Waals surface area contributed by atoms with Gasteiger partial charge in [-0.15, -0.1) is 11.3 Å². The standard InChI is InChI=1S/C28H22FN3O2S/c1-16-14-18(8-12-24(16)34-2)25-13-11-20(35-25)15-23-27(28(30)33)31-22-5-3-4-21(26(22)32-23)17-6-9-19(29)10-7-17/h3-14H,15H2,1-2H3,(H2,30,33). The van der Waals surface area contributed by atoms with E-state index < -0.39 is 5.91 Å². The number of primary amides is 1. The number of benzene rings is 3. The maximum Gasteiger partial charge on any atom is 0.269 e. The molecule has 174 valence electrons. The Morgan fingerprint density at radius 3 is 2.49 bits per heavy atom. The molecule has 35 heavy (non-hydrogen) atoms. The van der Waals surface area contributed by atoms with E-state index in [1.807, 2.05) is 37.3 Å². The van der Waals surface area contributed by atoms with Crippen molar-refractivity contribution in [3.05, 3.63) is 100 Å². The summed E-state index contributed by atoms with van der Waals surface area (Å²) in [6.45, 7) is 2.01. The zero-order valence-corrected chi connectivity index (χ0v) is 20.0. The van der Waals surface area contributed by atoms with Gasteiger partial charge in [0.15, 0.2) is 5.69 Å². The predicted octanol–water partition coefficient (Wildman–Crippen LogP) is 6.17. The summed E-state index contributed by atoms with van der Waals surface area (Å²) in [5.41, 5.74) is 11.3. The van der Waals surface area contributed by atoms with Crippen LogP contribution < -0.4 is 10.5 Å². The summed E-state index contributed by atoms with van der Waals surface area (Å²) in [7, 11) is 1.66. The molecule has 0 saturated carbocycles. The Bertz CT molecular complexity index is 1560. The monoisotopic (exact) mass is 483 g/mol. The second kappa shape index (κ2) is 9.27. The summed E-state index contributed by atoms with van der Waals surface area (Å²) in [5.74, 6) is -0.0819. The van der Waals surface area contributed by atoms with Gasteiger partial charge in [-0.25, -0.2) is 14.4 Å². The van der Waals surface area contributed by atoms with Crippen molar-refractivity contribution in [2.24, 2.45) is 5.73 Å². The van der Waals surface area contributed by atoms with Crippen molar-refractivity contribution in [2.45, 2.75) is 13.3 Å². The van der Waals surface area contributed by atoms with Crippen LogP contribution in [0.3, 0.4) is 0 Å². The third-order valence-corrected chi connectivity index (χ3v) is 6.97. The normalized spacial score (nSPS) is 11.1. The van der Waals surface area contributed by atoms with E-state index in [0.29, 0.717) is 23.1 Å². The summed E-state index contributed by atoms with van der Waals surface area (Å²) < 4.78 is 18.8. The van der Waals surface area contributed by atoms with Gasteiger partial charge in [0.2, 0.25) is 0 Å². The Morgan fingerprint density at radius 1 is 1.00 bits per heavy atom. The van der Waals surface area contributed by atoms with Gasteiger partial charge >= 0.3 is 0 Å². The molecule has 0 aliphatic rings. The molecule has 5 aromatic rings. The third-order valence-electron chi connectivity index (χ3n) is 5.84. The van der Waals surface area contributed by atoms with Gasteiger partial charge in [-0.2, -0.15) is 0 Å². The fourth-order valence-electron chi connectivity index (χ4n) is 4.12. The van der Waals surface area contributed by atoms with Crippen LogP contribution in [0.1, 0.15) is 26.6 Å². The first-order valence-corrected chi connectivity index (χ1v) is 11.8. The first kappa shape index (κ1) is 22.7. The average molecular weight is 484 g/mol. The van der Waals surface area contributed by atoms with Crippen LogP contribution >= 0.6 is 11.3 Å². The molecule has 0 unspecified atom stereocenters. The highest BCUT2D eigenvalue weighted by atomic mass is 32.1. The highest BCUT2D eigenvalue weighted by Crippen LogP contribution is 2.33. The third kappa shape index (κ3) is 4.50. The molecule has 0 aliphatic heterocycles. The number of amides is 1. The van der Waals surface area contributed by atoms with Gasteiger partial charge < -0.3 is 10.5 Å². The van der Waals surface area contributed by atoms with Crippen LogP contribution in [-0.2, 0) is 6.42 Å². The molecule has 0 atom stereocenters. The van der Waals surface area contributed by atoms with Gasteiger partial charge in [-0.1, -0.05) is 24.3 Å². The van der Waals surface area contributed by atoms with Crippen LogP contribution in [-0.4, -0.2) is 23.0 Å². The number of aryl methyl sites for hydroxylation is 1. The molecule has 2 N–H and O–H groups in total. The zero-order chi connectivity index (χ0) is 24.5. The smallest absolute Gasteiger partial charge is 0.269 e. The number of carbonyl (C=O) groups is 1. The zero-order valence-electron chi connectivity index (χ0n) is 19.2. The highest BCUT2D eigenvalue weighted by molar-refractivity contribution is 7.15. The summed E-state index contributed by atoms with van der Waals surface area (Å²) in [4.78, 5) is 23.8. The number of nitrogens with zero attached hydrogens (tertiary/aromatic N) is 2. The van der Waals surface area contributed by atoms with Crippen LogP contribution in [0.25, 0.3) is 32.6 Å². The molecule has 0 spiro atoms. The Balaban J connectivity index is 1.55. The minimum absolute atomic E-state index is 0.156. The quantitative estimate of drug-likeness (QED) is 0.313. The minimum Gasteiger partial charge on any atom is -0.496 e. The maximum atomic E-state index is 13.5. The van der Waals surface area contributed by atoms with Gasteiger partial charge in [0, 0.05) is 21.7 Å². The molecule has 0 fully saturated rings. The molecule has 0 bridgehead atoms. The Morgan fingerprint density at radius 2 is 1.77 bits per heavy atom. The van der Waals surface area contributed by atoms with Crippen molar-refractivity contribution >= 4 is 28.3 Å². The molecule has 0 saturated heterocycles. The van der Waals surface area contributed by atoms with Crippen LogP contribution in [0.5, 0.6) is 5.75 Å². The molecule has 5 nitrogen and oxygen atoms in total. The Kier molecular flexibility index (Phi) is 6.01. The number of nitrogens with two attached hydrogens (primary N) is 1. The van der Waals surface area contributed by atoms with Gasteiger partial charge in [0.05, 0.1) is 23.8 Å². The SMILES string of the molecule is COc1ccc(-c2ccc(Cc3nc4c(-c5ccc(F)cc5)cccc4nc3C(N)=O)s2)cc1C. The number of thiophene rings is 1. The average Bonchev–Trinajstić information content (AvgIpc) is 3.32. The molecule has 2 aromatic heterocycles. The number of ether oxygens (including phenoxy) is 1. The lowest BCUT2D eigenvalue weighted by atomic mass is 10.0. The Hall–Kier alpha value is -4.10. The number of para-hydroxylation sites is 1. The van der Waals surface area contributed by atoms with E-state index >= 15 is 0 Å². The molecule has 7 heteroatoms. The summed E-state index contributed by atoms with van der Waals surface area (Å²) in [6.07, 6.45) is 0.415. The lowest BCUT2D eigenvalue weighted by Crippen LogP contribution is -2.17. The van der Waals surface area contributed by atoms with Crippen molar-refractivity contribution in [1.82, 2.24) is 9.97 Å². The lowest BCUT2D eigenvalue weighted by molar-refractivity contribution is 0.0994. The van der Waals surface area contributed by atoms with Crippen molar-refractivity contribution < 1.29 is 13.9 Å². The second-order valence-corrected chi connectivity index (χ2v) is 9.36. The number of carbonyl (C=O) groups excluding carboxylic acids is 1. The number of methoxy groups -OCH3 is 1. The van der Waals surface area contributed by atoms with Crippen molar-refractivity contribution in [3.8, 4) is 27.3 Å². The molecule has 2 heterocycles. The van der Waals surface area contributed by atoms with E-state index in [-0.39, 0.29) is 11.5 Å². The fourth-order valence-corrected chi connectivity index (χ4v) is 5.13. The number of hydrogen-bond donors (Lipinski definition) is 1. The van der Waals surface area contributed by atoms with Crippen molar-refractivity contribution in [3.63, 3.8) is 0 Å². The molecule has 5 rings (SSSR count).